The Bertz CT molecular complexity index is 195. The van der Waals surface area contributed by atoms with Crippen molar-refractivity contribution in [2.75, 3.05) is 33.4 Å². The van der Waals surface area contributed by atoms with Gasteiger partial charge in [-0.2, -0.15) is 0 Å². The summed E-state index contributed by atoms with van der Waals surface area (Å²) >= 11 is 0. The Kier molecular flexibility index (Phi) is 9.70. The van der Waals surface area contributed by atoms with Crippen LogP contribution in [0.25, 0.3) is 0 Å². The molecule has 0 aromatic heterocycles. The molecule has 0 aliphatic rings. The fourth-order valence-electron chi connectivity index (χ4n) is 2.23. The summed E-state index contributed by atoms with van der Waals surface area (Å²) in [5.74, 6) is 1.38. The molecular weight excluding hydrogens is 224 g/mol. The van der Waals surface area contributed by atoms with E-state index in [1.807, 2.05) is 0 Å². The van der Waals surface area contributed by atoms with Crippen LogP contribution in [-0.4, -0.2) is 50.3 Å². The summed E-state index contributed by atoms with van der Waals surface area (Å²) in [5.41, 5.74) is 0. The van der Waals surface area contributed by atoms with E-state index in [0.717, 1.165) is 32.2 Å². The molecule has 0 saturated heterocycles. The molecule has 2 atom stereocenters. The SMILES string of the molecule is COCCN(C(C)C)C(C)C(C)CNCC(C)C. The van der Waals surface area contributed by atoms with Crippen molar-refractivity contribution in [1.82, 2.24) is 10.2 Å². The zero-order valence-electron chi connectivity index (χ0n) is 13.5. The van der Waals surface area contributed by atoms with E-state index in [-0.39, 0.29) is 0 Å². The lowest BCUT2D eigenvalue weighted by molar-refractivity contribution is 0.0798. The van der Waals surface area contributed by atoms with Crippen LogP contribution >= 0.6 is 0 Å². The lowest BCUT2D eigenvalue weighted by Gasteiger charge is -2.36. The molecule has 0 bridgehead atoms. The van der Waals surface area contributed by atoms with Crippen LogP contribution in [-0.2, 0) is 4.74 Å². The molecule has 0 fully saturated rings. The third kappa shape index (κ3) is 7.34. The van der Waals surface area contributed by atoms with E-state index in [0.29, 0.717) is 18.0 Å². The van der Waals surface area contributed by atoms with E-state index in [1.54, 1.807) is 7.11 Å². The minimum Gasteiger partial charge on any atom is -0.383 e. The van der Waals surface area contributed by atoms with Gasteiger partial charge in [0, 0.05) is 25.7 Å². The molecular formula is C15H34N2O. The zero-order valence-corrected chi connectivity index (χ0v) is 13.5. The average molecular weight is 258 g/mol. The van der Waals surface area contributed by atoms with E-state index in [4.69, 9.17) is 4.74 Å². The van der Waals surface area contributed by atoms with Crippen molar-refractivity contribution < 1.29 is 4.74 Å². The predicted molar refractivity (Wildman–Crippen MR) is 80.1 cm³/mol. The average Bonchev–Trinajstić information content (AvgIpc) is 2.28. The van der Waals surface area contributed by atoms with Crippen molar-refractivity contribution in [3.05, 3.63) is 0 Å². The molecule has 1 N–H and O–H groups in total. The number of methoxy groups -OCH3 is 1. The third-order valence-corrected chi connectivity index (χ3v) is 3.58. The number of nitrogens with zero attached hydrogens (tertiary/aromatic N) is 1. The molecule has 18 heavy (non-hydrogen) atoms. The minimum absolute atomic E-state index is 0.572. The number of nitrogens with one attached hydrogen (secondary N) is 1. The summed E-state index contributed by atoms with van der Waals surface area (Å²) in [6.07, 6.45) is 0. The van der Waals surface area contributed by atoms with Crippen LogP contribution in [0.5, 0.6) is 0 Å². The zero-order chi connectivity index (χ0) is 14.1. The smallest absolute Gasteiger partial charge is 0.0589 e. The first-order valence-corrected chi connectivity index (χ1v) is 7.35. The van der Waals surface area contributed by atoms with Crippen LogP contribution in [0.1, 0.15) is 41.5 Å². The van der Waals surface area contributed by atoms with E-state index < -0.39 is 0 Å². The summed E-state index contributed by atoms with van der Waals surface area (Å²) in [6.45, 7) is 17.7. The van der Waals surface area contributed by atoms with E-state index >= 15 is 0 Å². The lowest BCUT2D eigenvalue weighted by atomic mass is 10.0. The summed E-state index contributed by atoms with van der Waals surface area (Å²) in [4.78, 5) is 2.53. The lowest BCUT2D eigenvalue weighted by Crippen LogP contribution is -2.46. The molecule has 0 aliphatic carbocycles. The van der Waals surface area contributed by atoms with Crippen molar-refractivity contribution in [3.63, 3.8) is 0 Å². The second-order valence-corrected chi connectivity index (χ2v) is 6.09. The fourth-order valence-corrected chi connectivity index (χ4v) is 2.23. The van der Waals surface area contributed by atoms with Crippen molar-refractivity contribution in [2.45, 2.75) is 53.6 Å². The van der Waals surface area contributed by atoms with Crippen molar-refractivity contribution in [3.8, 4) is 0 Å². The summed E-state index contributed by atoms with van der Waals surface area (Å²) in [5, 5.41) is 3.56. The Hall–Kier alpha value is -0.120. The number of ether oxygens (including phenoxy) is 1. The van der Waals surface area contributed by atoms with Gasteiger partial charge < -0.3 is 10.1 Å². The van der Waals surface area contributed by atoms with Crippen LogP contribution in [0, 0.1) is 11.8 Å². The van der Waals surface area contributed by atoms with Crippen molar-refractivity contribution in [2.24, 2.45) is 11.8 Å². The van der Waals surface area contributed by atoms with Crippen LogP contribution in [0.3, 0.4) is 0 Å². The summed E-state index contributed by atoms with van der Waals surface area (Å²) in [7, 11) is 1.77. The van der Waals surface area contributed by atoms with Crippen LogP contribution in [0.4, 0.5) is 0 Å². The standard InChI is InChI=1S/C15H34N2O/c1-12(2)10-16-11-14(5)15(6)17(13(3)4)8-9-18-7/h12-16H,8-11H2,1-7H3. The predicted octanol–water partition coefficient (Wildman–Crippen LogP) is 2.61. The van der Waals surface area contributed by atoms with Crippen molar-refractivity contribution in [1.29, 1.82) is 0 Å². The highest BCUT2D eigenvalue weighted by molar-refractivity contribution is 4.77. The molecule has 0 spiro atoms. The van der Waals surface area contributed by atoms with E-state index in [1.165, 1.54) is 0 Å². The van der Waals surface area contributed by atoms with Gasteiger partial charge in [-0.1, -0.05) is 20.8 Å². The highest BCUT2D eigenvalue weighted by Crippen LogP contribution is 2.13. The molecule has 110 valence electrons. The molecule has 3 heteroatoms. The first-order chi connectivity index (χ1) is 8.40. The molecule has 0 saturated carbocycles. The highest BCUT2D eigenvalue weighted by Gasteiger charge is 2.21. The summed E-state index contributed by atoms with van der Waals surface area (Å²) in [6, 6.07) is 1.16. The first-order valence-electron chi connectivity index (χ1n) is 7.35. The van der Waals surface area contributed by atoms with Gasteiger partial charge in [0.15, 0.2) is 0 Å². The van der Waals surface area contributed by atoms with Gasteiger partial charge in [0.2, 0.25) is 0 Å². The van der Waals surface area contributed by atoms with Gasteiger partial charge in [-0.15, -0.1) is 0 Å². The molecule has 0 radical (unpaired) electrons. The Morgan fingerprint density at radius 1 is 1.00 bits per heavy atom. The van der Waals surface area contributed by atoms with Crippen LogP contribution < -0.4 is 5.32 Å². The van der Waals surface area contributed by atoms with Gasteiger partial charge in [-0.25, -0.2) is 0 Å². The van der Waals surface area contributed by atoms with Gasteiger partial charge in [-0.3, -0.25) is 4.90 Å². The Morgan fingerprint density at radius 2 is 1.61 bits per heavy atom. The maximum Gasteiger partial charge on any atom is 0.0589 e. The van der Waals surface area contributed by atoms with E-state index in [2.05, 4.69) is 51.8 Å². The van der Waals surface area contributed by atoms with E-state index in [9.17, 15) is 0 Å². The molecule has 2 unspecified atom stereocenters. The fraction of sp³-hybridized carbons (Fsp3) is 1.00. The molecule has 0 rings (SSSR count). The number of hydrogen-bond donors (Lipinski definition) is 1. The van der Waals surface area contributed by atoms with Gasteiger partial charge in [0.1, 0.15) is 0 Å². The number of rotatable bonds is 10. The Labute approximate surface area is 114 Å². The monoisotopic (exact) mass is 258 g/mol. The highest BCUT2D eigenvalue weighted by atomic mass is 16.5. The molecule has 3 nitrogen and oxygen atoms in total. The molecule has 0 aromatic rings. The minimum atomic E-state index is 0.572. The maximum atomic E-state index is 5.21. The Morgan fingerprint density at radius 3 is 2.06 bits per heavy atom. The van der Waals surface area contributed by atoms with Crippen LogP contribution in [0.15, 0.2) is 0 Å². The quantitative estimate of drug-likeness (QED) is 0.652. The Balaban J connectivity index is 4.15. The first kappa shape index (κ1) is 17.9. The third-order valence-electron chi connectivity index (χ3n) is 3.58. The maximum absolute atomic E-state index is 5.21. The van der Waals surface area contributed by atoms with Crippen LogP contribution in [0.2, 0.25) is 0 Å². The van der Waals surface area contributed by atoms with Gasteiger partial charge in [0.05, 0.1) is 6.61 Å². The second kappa shape index (κ2) is 9.76. The van der Waals surface area contributed by atoms with Gasteiger partial charge in [-0.05, 0) is 45.7 Å². The normalized spacial score (nSPS) is 15.7. The van der Waals surface area contributed by atoms with Gasteiger partial charge in [0.25, 0.3) is 0 Å². The number of hydrogen-bond acceptors (Lipinski definition) is 3. The molecule has 0 aliphatic heterocycles. The van der Waals surface area contributed by atoms with Gasteiger partial charge >= 0.3 is 0 Å². The summed E-state index contributed by atoms with van der Waals surface area (Å²) < 4.78 is 5.21. The molecule has 0 heterocycles. The largest absolute Gasteiger partial charge is 0.383 e. The second-order valence-electron chi connectivity index (χ2n) is 6.09. The molecule has 0 amide bonds. The molecule has 0 aromatic carbocycles. The topological polar surface area (TPSA) is 24.5 Å². The van der Waals surface area contributed by atoms with Crippen molar-refractivity contribution >= 4 is 0 Å².